The van der Waals surface area contributed by atoms with Gasteiger partial charge in [-0.15, -0.1) is 24.0 Å². The third-order valence-corrected chi connectivity index (χ3v) is 6.35. The van der Waals surface area contributed by atoms with Crippen molar-refractivity contribution in [2.75, 3.05) is 52.9 Å². The minimum atomic E-state index is 0. The van der Waals surface area contributed by atoms with Gasteiger partial charge in [-0.25, -0.2) is 0 Å². The summed E-state index contributed by atoms with van der Waals surface area (Å²) in [5.74, 6) is 2.45. The maximum absolute atomic E-state index is 12.5. The van der Waals surface area contributed by atoms with Crippen LogP contribution in [0.2, 0.25) is 0 Å². The SMILES string of the molecule is CCC(CC)c1cc(CNC(=NC)N2CCN(CC(=O)N3CCCCC3)CC2)on1.I. The molecule has 0 bridgehead atoms. The molecule has 1 aromatic heterocycles. The lowest BCUT2D eigenvalue weighted by molar-refractivity contribution is -0.133. The second-order valence-corrected chi connectivity index (χ2v) is 8.34. The van der Waals surface area contributed by atoms with Crippen molar-refractivity contribution in [1.82, 2.24) is 25.2 Å². The molecule has 3 rings (SSSR count). The van der Waals surface area contributed by atoms with Gasteiger partial charge in [0.05, 0.1) is 18.8 Å². The van der Waals surface area contributed by atoms with Crippen molar-refractivity contribution >= 4 is 35.8 Å². The Labute approximate surface area is 203 Å². The highest BCUT2D eigenvalue weighted by Gasteiger charge is 2.24. The Hall–Kier alpha value is -1.36. The lowest BCUT2D eigenvalue weighted by atomic mass is 9.99. The minimum absolute atomic E-state index is 0. The van der Waals surface area contributed by atoms with Crippen LogP contribution in [0.25, 0.3) is 0 Å². The fourth-order valence-corrected chi connectivity index (χ4v) is 4.36. The van der Waals surface area contributed by atoms with Crippen LogP contribution in [0.1, 0.15) is 63.3 Å². The van der Waals surface area contributed by atoms with Crippen LogP contribution in [0.15, 0.2) is 15.6 Å². The molecule has 0 aromatic carbocycles. The maximum atomic E-state index is 12.5. The highest BCUT2D eigenvalue weighted by molar-refractivity contribution is 14.0. The summed E-state index contributed by atoms with van der Waals surface area (Å²) < 4.78 is 5.51. The highest BCUT2D eigenvalue weighted by atomic mass is 127. The van der Waals surface area contributed by atoms with Gasteiger partial charge in [-0.3, -0.25) is 14.7 Å². The van der Waals surface area contributed by atoms with E-state index in [1.54, 1.807) is 0 Å². The molecule has 0 saturated carbocycles. The van der Waals surface area contributed by atoms with E-state index in [1.807, 2.05) is 11.9 Å². The Morgan fingerprint density at radius 2 is 1.77 bits per heavy atom. The van der Waals surface area contributed by atoms with Crippen molar-refractivity contribution in [2.45, 2.75) is 58.4 Å². The van der Waals surface area contributed by atoms with Crippen molar-refractivity contribution in [1.29, 1.82) is 0 Å². The molecular weight excluding hydrogens is 507 g/mol. The molecule has 2 aliphatic rings. The number of carbonyl (C=O) groups excluding carboxylic acids is 1. The summed E-state index contributed by atoms with van der Waals surface area (Å²) in [5, 5.41) is 7.64. The van der Waals surface area contributed by atoms with Gasteiger partial charge in [-0.2, -0.15) is 0 Å². The summed E-state index contributed by atoms with van der Waals surface area (Å²) in [5.41, 5.74) is 1.04. The first-order valence-corrected chi connectivity index (χ1v) is 11.6. The molecule has 2 aliphatic heterocycles. The van der Waals surface area contributed by atoms with Gasteiger partial charge in [0.15, 0.2) is 11.7 Å². The molecule has 1 amide bonds. The topological polar surface area (TPSA) is 77.2 Å². The molecule has 0 spiro atoms. The van der Waals surface area contributed by atoms with Crippen LogP contribution >= 0.6 is 24.0 Å². The van der Waals surface area contributed by atoms with Crippen LogP contribution in [0.5, 0.6) is 0 Å². The third kappa shape index (κ3) is 7.34. The molecule has 0 unspecified atom stereocenters. The number of amides is 1. The predicted molar refractivity (Wildman–Crippen MR) is 134 cm³/mol. The molecule has 0 radical (unpaired) electrons. The number of nitrogens with one attached hydrogen (secondary N) is 1. The van der Waals surface area contributed by atoms with Gasteiger partial charge in [0, 0.05) is 58.3 Å². The quantitative estimate of drug-likeness (QED) is 0.322. The van der Waals surface area contributed by atoms with Gasteiger partial charge >= 0.3 is 0 Å². The fraction of sp³-hybridized carbons (Fsp3) is 0.773. The zero-order valence-corrected chi connectivity index (χ0v) is 21.6. The molecule has 176 valence electrons. The smallest absolute Gasteiger partial charge is 0.236 e. The van der Waals surface area contributed by atoms with Crippen LogP contribution in [0, 0.1) is 0 Å². The molecule has 1 N–H and O–H groups in total. The van der Waals surface area contributed by atoms with Crippen molar-refractivity contribution in [3.05, 3.63) is 17.5 Å². The average Bonchev–Trinajstić information content (AvgIpc) is 3.25. The standard InChI is InChI=1S/C22H38N6O2.HI/c1-4-18(5-2)20-15-19(30-25-20)16-24-22(23-3)28-13-11-26(12-14-28)17-21(29)27-9-7-6-8-10-27;/h15,18H,4-14,16-17H2,1-3H3,(H,23,24);1H. The molecule has 1 aromatic rings. The van der Waals surface area contributed by atoms with Gasteiger partial charge in [0.25, 0.3) is 0 Å². The first-order valence-electron chi connectivity index (χ1n) is 11.6. The molecule has 31 heavy (non-hydrogen) atoms. The number of hydrogen-bond acceptors (Lipinski definition) is 5. The van der Waals surface area contributed by atoms with Crippen LogP contribution in [0.3, 0.4) is 0 Å². The normalized spacial score (nSPS) is 18.3. The van der Waals surface area contributed by atoms with Crippen molar-refractivity contribution in [3.63, 3.8) is 0 Å². The van der Waals surface area contributed by atoms with Crippen LogP contribution in [-0.4, -0.2) is 84.6 Å². The number of carbonyl (C=O) groups is 1. The van der Waals surface area contributed by atoms with E-state index in [0.717, 1.165) is 82.4 Å². The molecule has 9 heteroatoms. The summed E-state index contributed by atoms with van der Waals surface area (Å²) in [4.78, 5) is 23.5. The van der Waals surface area contributed by atoms with E-state index < -0.39 is 0 Å². The molecule has 3 heterocycles. The van der Waals surface area contributed by atoms with Gasteiger partial charge in [0.1, 0.15) is 0 Å². The van der Waals surface area contributed by atoms with Gasteiger partial charge in [0.2, 0.25) is 5.91 Å². The summed E-state index contributed by atoms with van der Waals surface area (Å²) >= 11 is 0. The van der Waals surface area contributed by atoms with E-state index in [1.165, 1.54) is 6.42 Å². The Morgan fingerprint density at radius 3 is 2.39 bits per heavy atom. The van der Waals surface area contributed by atoms with E-state index >= 15 is 0 Å². The Balaban J connectivity index is 0.00000341. The highest BCUT2D eigenvalue weighted by Crippen LogP contribution is 2.22. The molecule has 0 aliphatic carbocycles. The zero-order valence-electron chi connectivity index (χ0n) is 19.3. The van der Waals surface area contributed by atoms with E-state index in [0.29, 0.717) is 19.0 Å². The molecule has 2 fully saturated rings. The van der Waals surface area contributed by atoms with Crippen LogP contribution in [-0.2, 0) is 11.3 Å². The number of aliphatic imine (C=N–C) groups is 1. The Bertz CT molecular complexity index is 692. The largest absolute Gasteiger partial charge is 0.359 e. The number of aromatic nitrogens is 1. The summed E-state index contributed by atoms with van der Waals surface area (Å²) in [6.07, 6.45) is 5.68. The number of hydrogen-bond donors (Lipinski definition) is 1. The number of guanidine groups is 1. The van der Waals surface area contributed by atoms with Crippen LogP contribution < -0.4 is 5.32 Å². The fourth-order valence-electron chi connectivity index (χ4n) is 4.36. The summed E-state index contributed by atoms with van der Waals surface area (Å²) in [6.45, 7) is 10.8. The number of halogens is 1. The van der Waals surface area contributed by atoms with Crippen molar-refractivity contribution in [3.8, 4) is 0 Å². The second kappa shape index (κ2) is 13.2. The number of rotatable bonds is 7. The number of nitrogens with zero attached hydrogens (tertiary/aromatic N) is 5. The predicted octanol–water partition coefficient (Wildman–Crippen LogP) is 2.90. The molecular formula is C22H39IN6O2. The minimum Gasteiger partial charge on any atom is -0.359 e. The van der Waals surface area contributed by atoms with Crippen molar-refractivity contribution < 1.29 is 9.32 Å². The van der Waals surface area contributed by atoms with Gasteiger partial charge < -0.3 is 19.6 Å². The third-order valence-electron chi connectivity index (χ3n) is 6.35. The maximum Gasteiger partial charge on any atom is 0.236 e. The van der Waals surface area contributed by atoms with E-state index in [9.17, 15) is 4.79 Å². The average molecular weight is 546 g/mol. The first kappa shape index (κ1) is 25.9. The Kier molecular flexibility index (Phi) is 11.1. The van der Waals surface area contributed by atoms with Crippen molar-refractivity contribution in [2.24, 2.45) is 4.99 Å². The molecule has 8 nitrogen and oxygen atoms in total. The summed E-state index contributed by atoms with van der Waals surface area (Å²) in [6, 6.07) is 2.06. The van der Waals surface area contributed by atoms with E-state index in [-0.39, 0.29) is 29.9 Å². The zero-order chi connectivity index (χ0) is 21.3. The number of likely N-dealkylation sites (tertiary alicyclic amines) is 1. The van der Waals surface area contributed by atoms with Gasteiger partial charge in [-0.1, -0.05) is 19.0 Å². The first-order chi connectivity index (χ1) is 14.6. The van der Waals surface area contributed by atoms with Crippen LogP contribution in [0.4, 0.5) is 0 Å². The van der Waals surface area contributed by atoms with E-state index in [4.69, 9.17) is 4.52 Å². The number of piperazine rings is 1. The number of piperidine rings is 1. The van der Waals surface area contributed by atoms with E-state index in [2.05, 4.69) is 45.2 Å². The lowest BCUT2D eigenvalue weighted by Crippen LogP contribution is -2.54. The second-order valence-electron chi connectivity index (χ2n) is 8.34. The summed E-state index contributed by atoms with van der Waals surface area (Å²) in [7, 11) is 1.81. The monoisotopic (exact) mass is 546 g/mol. The molecule has 0 atom stereocenters. The lowest BCUT2D eigenvalue weighted by Gasteiger charge is -2.37. The van der Waals surface area contributed by atoms with Gasteiger partial charge in [-0.05, 0) is 32.1 Å². The Morgan fingerprint density at radius 1 is 1.10 bits per heavy atom. The molecule has 2 saturated heterocycles.